The van der Waals surface area contributed by atoms with Gasteiger partial charge in [-0.1, -0.05) is 36.4 Å². The second-order valence-corrected chi connectivity index (χ2v) is 6.81. The number of anilines is 1. The predicted molar refractivity (Wildman–Crippen MR) is 105 cm³/mol. The van der Waals surface area contributed by atoms with Crippen molar-refractivity contribution in [3.8, 4) is 0 Å². The lowest BCUT2D eigenvalue weighted by Gasteiger charge is -2.07. The van der Waals surface area contributed by atoms with Crippen molar-refractivity contribution >= 4 is 40.2 Å². The summed E-state index contributed by atoms with van der Waals surface area (Å²) >= 11 is 1.72. The number of nitrogens with one attached hydrogen (secondary N) is 2. The highest BCUT2D eigenvalue weighted by molar-refractivity contribution is 7.99. The van der Waals surface area contributed by atoms with Crippen LogP contribution in [0.25, 0.3) is 10.9 Å². The molecule has 2 N–H and O–H groups in total. The van der Waals surface area contributed by atoms with Crippen LogP contribution in [0.3, 0.4) is 0 Å². The van der Waals surface area contributed by atoms with Gasteiger partial charge in [0.2, 0.25) is 0 Å². The van der Waals surface area contributed by atoms with Crippen LogP contribution in [0.15, 0.2) is 71.8 Å². The summed E-state index contributed by atoms with van der Waals surface area (Å²) in [5.74, 6) is -0.443. The third-order valence-electron chi connectivity index (χ3n) is 3.67. The topological polar surface area (TPSA) is 71.1 Å². The number of amides is 2. The standard InChI is InChI=1S/C20H19N3O2S/c24-19(21-11-6-12-26-17-8-2-1-3-9-17)20(25)23-16-13-15-7-4-5-10-18(15)22-14-16/h1-5,7-10,13-14H,6,11-12H2,(H,21,24)(H,23,25). The molecule has 1 heterocycles. The summed E-state index contributed by atoms with van der Waals surface area (Å²) in [4.78, 5) is 29.3. The van der Waals surface area contributed by atoms with E-state index in [4.69, 9.17) is 0 Å². The molecule has 3 rings (SSSR count). The fourth-order valence-electron chi connectivity index (χ4n) is 2.39. The summed E-state index contributed by atoms with van der Waals surface area (Å²) in [7, 11) is 0. The maximum absolute atomic E-state index is 12.0. The van der Waals surface area contributed by atoms with E-state index < -0.39 is 11.8 Å². The highest BCUT2D eigenvalue weighted by Crippen LogP contribution is 2.17. The minimum Gasteiger partial charge on any atom is -0.348 e. The lowest BCUT2D eigenvalue weighted by Crippen LogP contribution is -2.36. The Hall–Kier alpha value is -2.86. The first-order valence-corrected chi connectivity index (χ1v) is 9.33. The minimum atomic E-state index is -0.683. The number of nitrogens with zero attached hydrogens (tertiary/aromatic N) is 1. The van der Waals surface area contributed by atoms with Crippen LogP contribution in [-0.4, -0.2) is 29.1 Å². The predicted octanol–water partition coefficient (Wildman–Crippen LogP) is 3.47. The molecule has 2 amide bonds. The van der Waals surface area contributed by atoms with Gasteiger partial charge in [-0.2, -0.15) is 0 Å². The van der Waals surface area contributed by atoms with Crippen molar-refractivity contribution in [2.24, 2.45) is 0 Å². The smallest absolute Gasteiger partial charge is 0.313 e. The third-order valence-corrected chi connectivity index (χ3v) is 4.77. The van der Waals surface area contributed by atoms with E-state index in [2.05, 4.69) is 15.6 Å². The van der Waals surface area contributed by atoms with Crippen LogP contribution in [0.2, 0.25) is 0 Å². The number of carbonyl (C=O) groups is 2. The molecule has 0 fully saturated rings. The van der Waals surface area contributed by atoms with E-state index in [0.717, 1.165) is 23.1 Å². The van der Waals surface area contributed by atoms with Crippen molar-refractivity contribution in [3.63, 3.8) is 0 Å². The summed E-state index contributed by atoms with van der Waals surface area (Å²) in [6, 6.07) is 19.5. The number of aromatic nitrogens is 1. The Morgan fingerprint density at radius 2 is 1.73 bits per heavy atom. The number of pyridine rings is 1. The van der Waals surface area contributed by atoms with Crippen LogP contribution in [0.5, 0.6) is 0 Å². The average molecular weight is 365 g/mol. The van der Waals surface area contributed by atoms with E-state index in [0.29, 0.717) is 12.2 Å². The summed E-state index contributed by atoms with van der Waals surface area (Å²) in [6.45, 7) is 0.460. The molecule has 3 aromatic rings. The number of para-hydroxylation sites is 1. The normalized spacial score (nSPS) is 10.5. The van der Waals surface area contributed by atoms with Gasteiger partial charge in [-0.3, -0.25) is 14.6 Å². The monoisotopic (exact) mass is 365 g/mol. The van der Waals surface area contributed by atoms with Crippen molar-refractivity contribution in [2.75, 3.05) is 17.6 Å². The van der Waals surface area contributed by atoms with Gasteiger partial charge in [0.1, 0.15) is 0 Å². The summed E-state index contributed by atoms with van der Waals surface area (Å²) in [5.41, 5.74) is 1.34. The molecule has 132 valence electrons. The fourth-order valence-corrected chi connectivity index (χ4v) is 3.26. The molecule has 0 bridgehead atoms. The molecule has 0 saturated carbocycles. The molecular formula is C20H19N3O2S. The second-order valence-electron chi connectivity index (χ2n) is 5.64. The quantitative estimate of drug-likeness (QED) is 0.399. The second kappa shape index (κ2) is 9.01. The SMILES string of the molecule is O=C(NCCCSc1ccccc1)C(=O)Nc1cnc2ccccc2c1. The van der Waals surface area contributed by atoms with Crippen LogP contribution in [0.1, 0.15) is 6.42 Å². The maximum atomic E-state index is 12.0. The van der Waals surface area contributed by atoms with Crippen LogP contribution in [0.4, 0.5) is 5.69 Å². The first-order chi connectivity index (χ1) is 12.7. The molecule has 0 saturated heterocycles. The number of rotatable bonds is 6. The number of hydrogen-bond acceptors (Lipinski definition) is 4. The Morgan fingerprint density at radius 3 is 2.58 bits per heavy atom. The Bertz CT molecular complexity index is 900. The number of benzene rings is 2. The number of hydrogen-bond donors (Lipinski definition) is 2. The zero-order chi connectivity index (χ0) is 18.2. The van der Waals surface area contributed by atoms with Gasteiger partial charge >= 0.3 is 11.8 Å². The van der Waals surface area contributed by atoms with Crippen LogP contribution in [-0.2, 0) is 9.59 Å². The van der Waals surface area contributed by atoms with Crippen molar-refractivity contribution in [3.05, 3.63) is 66.9 Å². The molecule has 0 aliphatic rings. The molecule has 0 radical (unpaired) electrons. The van der Waals surface area contributed by atoms with Gasteiger partial charge in [-0.25, -0.2) is 0 Å². The van der Waals surface area contributed by atoms with Crippen LogP contribution >= 0.6 is 11.8 Å². The van der Waals surface area contributed by atoms with E-state index in [1.807, 2.05) is 54.6 Å². The van der Waals surface area contributed by atoms with Gasteiger partial charge in [0.05, 0.1) is 17.4 Å². The van der Waals surface area contributed by atoms with Gasteiger partial charge in [0.15, 0.2) is 0 Å². The molecule has 5 nitrogen and oxygen atoms in total. The van der Waals surface area contributed by atoms with Crippen LogP contribution in [0, 0.1) is 0 Å². The van der Waals surface area contributed by atoms with Gasteiger partial charge < -0.3 is 10.6 Å². The zero-order valence-electron chi connectivity index (χ0n) is 14.1. The van der Waals surface area contributed by atoms with E-state index in [1.54, 1.807) is 24.0 Å². The summed E-state index contributed by atoms with van der Waals surface area (Å²) in [6.07, 6.45) is 2.33. The summed E-state index contributed by atoms with van der Waals surface area (Å²) in [5, 5.41) is 6.13. The highest BCUT2D eigenvalue weighted by Gasteiger charge is 2.13. The lowest BCUT2D eigenvalue weighted by atomic mass is 10.2. The zero-order valence-corrected chi connectivity index (χ0v) is 15.0. The maximum Gasteiger partial charge on any atom is 0.313 e. The first-order valence-electron chi connectivity index (χ1n) is 8.34. The summed E-state index contributed by atoms with van der Waals surface area (Å²) < 4.78 is 0. The molecule has 6 heteroatoms. The van der Waals surface area contributed by atoms with Crippen molar-refractivity contribution in [1.29, 1.82) is 0 Å². The molecule has 0 aliphatic carbocycles. The molecule has 0 spiro atoms. The third kappa shape index (κ3) is 5.07. The Morgan fingerprint density at radius 1 is 0.962 bits per heavy atom. The number of carbonyl (C=O) groups excluding carboxylic acids is 2. The molecule has 1 aromatic heterocycles. The van der Waals surface area contributed by atoms with E-state index >= 15 is 0 Å². The number of fused-ring (bicyclic) bond motifs is 1. The fraction of sp³-hybridized carbons (Fsp3) is 0.150. The Balaban J connectivity index is 1.41. The molecule has 0 aliphatic heterocycles. The molecular weight excluding hydrogens is 346 g/mol. The van der Waals surface area contributed by atoms with Gasteiger partial charge in [-0.05, 0) is 36.4 Å². The van der Waals surface area contributed by atoms with Crippen molar-refractivity contribution in [2.45, 2.75) is 11.3 Å². The van der Waals surface area contributed by atoms with E-state index in [1.165, 1.54) is 4.90 Å². The van der Waals surface area contributed by atoms with E-state index in [-0.39, 0.29) is 0 Å². The Labute approximate surface area is 156 Å². The van der Waals surface area contributed by atoms with Gasteiger partial charge in [-0.15, -0.1) is 11.8 Å². The van der Waals surface area contributed by atoms with E-state index in [9.17, 15) is 9.59 Å². The minimum absolute atomic E-state index is 0.460. The van der Waals surface area contributed by atoms with Gasteiger partial charge in [0.25, 0.3) is 0 Å². The van der Waals surface area contributed by atoms with Crippen molar-refractivity contribution < 1.29 is 9.59 Å². The van der Waals surface area contributed by atoms with Gasteiger partial charge in [0, 0.05) is 16.8 Å². The number of thioether (sulfide) groups is 1. The first kappa shape index (κ1) is 17.9. The highest BCUT2D eigenvalue weighted by atomic mass is 32.2. The molecule has 26 heavy (non-hydrogen) atoms. The molecule has 2 aromatic carbocycles. The lowest BCUT2D eigenvalue weighted by molar-refractivity contribution is -0.136. The molecule has 0 unspecified atom stereocenters. The average Bonchev–Trinajstić information content (AvgIpc) is 2.68. The van der Waals surface area contributed by atoms with Crippen LogP contribution < -0.4 is 10.6 Å². The Kier molecular flexibility index (Phi) is 6.22. The van der Waals surface area contributed by atoms with Crippen molar-refractivity contribution in [1.82, 2.24) is 10.3 Å². The largest absolute Gasteiger partial charge is 0.348 e. The molecule has 0 atom stereocenters.